The molecule has 0 saturated carbocycles. The van der Waals surface area contributed by atoms with Crippen LogP contribution in [-0.4, -0.2) is 25.8 Å². The minimum absolute atomic E-state index is 0.362. The van der Waals surface area contributed by atoms with Crippen LogP contribution in [0.5, 0.6) is 11.5 Å². The minimum Gasteiger partial charge on any atom is -0.402 e. The van der Waals surface area contributed by atoms with Crippen LogP contribution in [0.4, 0.5) is 32.0 Å². The quantitative estimate of drug-likeness (QED) is 0.784. The topological polar surface area (TPSA) is 21.7 Å². The summed E-state index contributed by atoms with van der Waals surface area (Å²) in [4.78, 5) is 1.76. The van der Waals surface area contributed by atoms with Gasteiger partial charge in [0.05, 0.1) is 0 Å². The van der Waals surface area contributed by atoms with E-state index in [0.29, 0.717) is 18.8 Å². The third kappa shape index (κ3) is 4.61. The number of anilines is 1. The lowest BCUT2D eigenvalue weighted by atomic mass is 10.2. The highest BCUT2D eigenvalue weighted by Gasteiger charge is 2.36. The van der Waals surface area contributed by atoms with Gasteiger partial charge in [0.2, 0.25) is 0 Å². The van der Waals surface area contributed by atoms with Gasteiger partial charge < -0.3 is 14.4 Å². The van der Waals surface area contributed by atoms with E-state index in [4.69, 9.17) is 0 Å². The summed E-state index contributed by atoms with van der Waals surface area (Å²) in [6.07, 6.45) is -8.46. The Kier molecular flexibility index (Phi) is 4.11. The van der Waals surface area contributed by atoms with Crippen LogP contribution in [0.2, 0.25) is 0 Å². The summed E-state index contributed by atoms with van der Waals surface area (Å²) in [5, 5.41) is 0. The largest absolute Gasteiger partial charge is 0.573 e. The van der Waals surface area contributed by atoms with Crippen molar-refractivity contribution in [1.29, 1.82) is 0 Å². The van der Waals surface area contributed by atoms with E-state index in [1.807, 2.05) is 0 Å². The lowest BCUT2D eigenvalue weighted by molar-refractivity contribution is -0.287. The lowest BCUT2D eigenvalue weighted by Crippen LogP contribution is -2.22. The maximum atomic E-state index is 12.3. The average Bonchev–Trinajstić information content (AvgIpc) is 2.81. The Morgan fingerprint density at radius 3 is 1.86 bits per heavy atom. The third-order valence-electron chi connectivity index (χ3n) is 2.85. The van der Waals surface area contributed by atoms with E-state index in [-0.39, 0.29) is 0 Å². The van der Waals surface area contributed by atoms with Crippen molar-refractivity contribution < 1.29 is 35.8 Å². The fraction of sp³-hybridized carbons (Fsp3) is 0.500. The van der Waals surface area contributed by atoms with Gasteiger partial charge in [-0.3, -0.25) is 0 Å². The molecule has 3 nitrogen and oxygen atoms in total. The zero-order valence-electron chi connectivity index (χ0n) is 10.6. The van der Waals surface area contributed by atoms with Crippen molar-refractivity contribution in [3.63, 3.8) is 0 Å². The Morgan fingerprint density at radius 2 is 1.33 bits per heavy atom. The van der Waals surface area contributed by atoms with Crippen LogP contribution >= 0.6 is 0 Å². The fourth-order valence-corrected chi connectivity index (χ4v) is 2.08. The average molecular weight is 315 g/mol. The number of benzene rings is 1. The summed E-state index contributed by atoms with van der Waals surface area (Å²) in [6.45, 7) is 1.26. The Balaban J connectivity index is 2.31. The van der Waals surface area contributed by atoms with Gasteiger partial charge in [0, 0.05) is 24.8 Å². The van der Waals surface area contributed by atoms with E-state index >= 15 is 0 Å². The highest BCUT2D eigenvalue weighted by Crippen LogP contribution is 2.38. The molecule has 2 rings (SSSR count). The monoisotopic (exact) mass is 315 g/mol. The molecule has 0 aliphatic carbocycles. The zero-order valence-corrected chi connectivity index (χ0v) is 10.6. The third-order valence-corrected chi connectivity index (χ3v) is 2.85. The van der Waals surface area contributed by atoms with E-state index in [2.05, 4.69) is 9.47 Å². The van der Waals surface area contributed by atoms with Crippen molar-refractivity contribution in [2.75, 3.05) is 18.0 Å². The molecule has 1 fully saturated rings. The van der Waals surface area contributed by atoms with Crippen LogP contribution in [0.3, 0.4) is 0 Å². The second kappa shape index (κ2) is 5.53. The van der Waals surface area contributed by atoms with Crippen molar-refractivity contribution in [2.45, 2.75) is 25.6 Å². The second-order valence-corrected chi connectivity index (χ2v) is 4.42. The van der Waals surface area contributed by atoms with Gasteiger partial charge in [-0.15, -0.1) is 26.3 Å². The smallest absolute Gasteiger partial charge is 0.402 e. The molecule has 1 aromatic carbocycles. The predicted octanol–water partition coefficient (Wildman–Crippen LogP) is 4.08. The number of rotatable bonds is 3. The summed E-state index contributed by atoms with van der Waals surface area (Å²) < 4.78 is 80.6. The van der Waals surface area contributed by atoms with E-state index in [1.165, 1.54) is 6.07 Å². The van der Waals surface area contributed by atoms with Gasteiger partial charge in [-0.1, -0.05) is 0 Å². The molecule has 0 bridgehead atoms. The van der Waals surface area contributed by atoms with Crippen molar-refractivity contribution in [3.05, 3.63) is 18.2 Å². The molecule has 0 N–H and O–H groups in total. The number of halogens is 6. The van der Waals surface area contributed by atoms with Crippen LogP contribution in [0.25, 0.3) is 0 Å². The maximum Gasteiger partial charge on any atom is 0.573 e. The molecular formula is C12H11F6NO2. The van der Waals surface area contributed by atoms with E-state index < -0.39 is 24.2 Å². The molecule has 1 heterocycles. The van der Waals surface area contributed by atoms with Crippen LogP contribution in [0.15, 0.2) is 18.2 Å². The molecule has 0 amide bonds. The van der Waals surface area contributed by atoms with Gasteiger partial charge in [-0.25, -0.2) is 0 Å². The van der Waals surface area contributed by atoms with Crippen LogP contribution < -0.4 is 14.4 Å². The van der Waals surface area contributed by atoms with Gasteiger partial charge >= 0.3 is 12.7 Å². The van der Waals surface area contributed by atoms with Crippen LogP contribution in [0, 0.1) is 0 Å². The fourth-order valence-electron chi connectivity index (χ4n) is 2.08. The van der Waals surface area contributed by atoms with Crippen molar-refractivity contribution in [2.24, 2.45) is 0 Å². The molecule has 0 aromatic heterocycles. The molecule has 0 radical (unpaired) electrons. The summed E-state index contributed by atoms with van der Waals surface area (Å²) in [7, 11) is 0. The highest BCUT2D eigenvalue weighted by atomic mass is 19.4. The Morgan fingerprint density at radius 1 is 0.810 bits per heavy atom. The van der Waals surface area contributed by atoms with E-state index in [1.54, 1.807) is 4.90 Å². The summed E-state index contributed by atoms with van der Waals surface area (Å²) in [5.41, 5.74) is 0.362. The zero-order chi connectivity index (χ0) is 15.7. The maximum absolute atomic E-state index is 12.3. The first-order valence-corrected chi connectivity index (χ1v) is 6.04. The molecule has 1 aliphatic rings. The number of alkyl halides is 6. The minimum atomic E-state index is -5.10. The molecule has 0 atom stereocenters. The molecular weight excluding hydrogens is 304 g/mol. The van der Waals surface area contributed by atoms with Gasteiger partial charge in [0.25, 0.3) is 0 Å². The Hall–Kier alpha value is -1.80. The van der Waals surface area contributed by atoms with E-state index in [0.717, 1.165) is 25.0 Å². The van der Waals surface area contributed by atoms with Gasteiger partial charge in [-0.05, 0) is 25.0 Å². The number of hydrogen-bond donors (Lipinski definition) is 0. The first-order chi connectivity index (χ1) is 9.64. The van der Waals surface area contributed by atoms with Gasteiger partial charge in [0.1, 0.15) is 0 Å². The van der Waals surface area contributed by atoms with Gasteiger partial charge in [-0.2, -0.15) is 0 Å². The number of ether oxygens (including phenoxy) is 2. The molecule has 1 aromatic rings. The summed E-state index contributed by atoms with van der Waals surface area (Å²) in [5.74, 6) is -2.04. The number of hydrogen-bond acceptors (Lipinski definition) is 3. The van der Waals surface area contributed by atoms with Crippen molar-refractivity contribution in [1.82, 2.24) is 0 Å². The second-order valence-electron chi connectivity index (χ2n) is 4.42. The standard InChI is InChI=1S/C12H11F6NO2/c13-11(14,15)20-9-4-3-8(19-5-1-2-6-19)7-10(9)21-12(16,17)18/h3-4,7H,1-2,5-6H2. The highest BCUT2D eigenvalue weighted by molar-refractivity contribution is 5.57. The number of nitrogens with zero attached hydrogens (tertiary/aromatic N) is 1. The lowest BCUT2D eigenvalue weighted by Gasteiger charge is -2.21. The molecule has 9 heteroatoms. The molecule has 1 saturated heterocycles. The first kappa shape index (κ1) is 15.6. The Bertz CT molecular complexity index is 494. The van der Waals surface area contributed by atoms with E-state index in [9.17, 15) is 26.3 Å². The Labute approximate surface area is 116 Å². The van der Waals surface area contributed by atoms with Crippen LogP contribution in [-0.2, 0) is 0 Å². The predicted molar refractivity (Wildman–Crippen MR) is 61.3 cm³/mol. The van der Waals surface area contributed by atoms with Crippen LogP contribution in [0.1, 0.15) is 12.8 Å². The normalized spacial score (nSPS) is 16.2. The SMILES string of the molecule is FC(F)(F)Oc1ccc(N2CCCC2)cc1OC(F)(F)F. The van der Waals surface area contributed by atoms with Crippen molar-refractivity contribution >= 4 is 5.69 Å². The summed E-state index contributed by atoms with van der Waals surface area (Å²) in [6, 6.07) is 3.00. The molecule has 1 aliphatic heterocycles. The molecule has 0 unspecified atom stereocenters. The molecule has 118 valence electrons. The first-order valence-electron chi connectivity index (χ1n) is 6.04. The summed E-state index contributed by atoms with van der Waals surface area (Å²) >= 11 is 0. The van der Waals surface area contributed by atoms with Gasteiger partial charge in [0.15, 0.2) is 11.5 Å². The molecule has 21 heavy (non-hydrogen) atoms. The van der Waals surface area contributed by atoms with Crippen molar-refractivity contribution in [3.8, 4) is 11.5 Å². The molecule has 0 spiro atoms.